The fourth-order valence-corrected chi connectivity index (χ4v) is 2.57. The molecule has 0 fully saturated rings. The summed E-state index contributed by atoms with van der Waals surface area (Å²) in [5.41, 5.74) is 1.60. The summed E-state index contributed by atoms with van der Waals surface area (Å²) in [6, 6.07) is 1.68. The number of aromatic nitrogens is 3. The maximum Gasteiger partial charge on any atom is 0.340 e. The molecule has 0 spiro atoms. The van der Waals surface area contributed by atoms with Crippen molar-refractivity contribution in [1.82, 2.24) is 14.2 Å². The van der Waals surface area contributed by atoms with Gasteiger partial charge in [-0.05, 0) is 30.9 Å². The Morgan fingerprint density at radius 2 is 2.20 bits per heavy atom. The van der Waals surface area contributed by atoms with Crippen LogP contribution in [0.1, 0.15) is 39.2 Å². The normalized spacial score (nSPS) is 10.6. The molecule has 0 aliphatic heterocycles. The van der Waals surface area contributed by atoms with E-state index in [2.05, 4.69) is 14.8 Å². The zero-order valence-corrected chi connectivity index (χ0v) is 12.1. The molecule has 106 valence electrons. The molecule has 0 saturated heterocycles. The van der Waals surface area contributed by atoms with Crippen molar-refractivity contribution in [3.63, 3.8) is 0 Å². The summed E-state index contributed by atoms with van der Waals surface area (Å²) in [6.07, 6.45) is 0.723. The van der Waals surface area contributed by atoms with E-state index in [0.29, 0.717) is 11.4 Å². The number of amides is 1. The average molecular weight is 294 g/mol. The topological polar surface area (TPSA) is 97.1 Å². The van der Waals surface area contributed by atoms with Crippen LogP contribution in [0.3, 0.4) is 0 Å². The Morgan fingerprint density at radius 1 is 1.50 bits per heavy atom. The van der Waals surface area contributed by atoms with Gasteiger partial charge in [0.2, 0.25) is 0 Å². The first-order chi connectivity index (χ1) is 9.43. The van der Waals surface area contributed by atoms with Crippen molar-refractivity contribution in [2.45, 2.75) is 20.3 Å². The molecule has 1 amide bonds. The highest BCUT2D eigenvalue weighted by Crippen LogP contribution is 2.25. The maximum atomic E-state index is 12.2. The molecule has 20 heavy (non-hydrogen) atoms. The van der Waals surface area contributed by atoms with Crippen LogP contribution in [0, 0.1) is 6.92 Å². The number of aromatic carboxylic acids is 1. The first-order valence-corrected chi connectivity index (χ1v) is 6.75. The second kappa shape index (κ2) is 5.41. The third-order valence-corrected chi connectivity index (χ3v) is 3.68. The summed E-state index contributed by atoms with van der Waals surface area (Å²) in [5, 5.41) is 16.1. The molecular formula is C12H14N4O3S. The molecule has 0 aliphatic carbocycles. The number of nitrogens with one attached hydrogen (secondary N) is 1. The zero-order chi connectivity index (χ0) is 14.9. The predicted octanol–water partition coefficient (Wildman–Crippen LogP) is 1.70. The van der Waals surface area contributed by atoms with Gasteiger partial charge in [0.25, 0.3) is 5.91 Å². The molecule has 0 radical (unpaired) electrons. The Bertz CT molecular complexity index is 674. The quantitative estimate of drug-likeness (QED) is 0.894. The van der Waals surface area contributed by atoms with Crippen molar-refractivity contribution in [3.05, 3.63) is 28.7 Å². The van der Waals surface area contributed by atoms with Gasteiger partial charge in [0.05, 0.1) is 11.4 Å². The summed E-state index contributed by atoms with van der Waals surface area (Å²) >= 11 is 0.953. The molecule has 0 aromatic carbocycles. The lowest BCUT2D eigenvalue weighted by molar-refractivity contribution is 0.0697. The first kappa shape index (κ1) is 14.2. The molecule has 8 heteroatoms. The van der Waals surface area contributed by atoms with Gasteiger partial charge in [-0.2, -0.15) is 9.47 Å². The molecule has 0 saturated carbocycles. The van der Waals surface area contributed by atoms with E-state index < -0.39 is 11.9 Å². The van der Waals surface area contributed by atoms with Gasteiger partial charge >= 0.3 is 5.97 Å². The van der Waals surface area contributed by atoms with Crippen LogP contribution in [0.15, 0.2) is 6.07 Å². The largest absolute Gasteiger partial charge is 0.478 e. The number of rotatable bonds is 4. The summed E-state index contributed by atoms with van der Waals surface area (Å²) in [4.78, 5) is 23.3. The lowest BCUT2D eigenvalue weighted by Gasteiger charge is -2.03. The Labute approximate surface area is 119 Å². The van der Waals surface area contributed by atoms with E-state index in [0.717, 1.165) is 23.6 Å². The van der Waals surface area contributed by atoms with Gasteiger partial charge in [-0.25, -0.2) is 4.79 Å². The van der Waals surface area contributed by atoms with Crippen LogP contribution in [0.25, 0.3) is 0 Å². The standard InChI is InChI=1S/C12H14N4O3S/c1-4-7-5-8(16(3)14-7)10(17)13-11-9(12(18)19)6(2)15-20-11/h5H,4H2,1-3H3,(H,13,17)(H,18,19). The smallest absolute Gasteiger partial charge is 0.340 e. The monoisotopic (exact) mass is 294 g/mol. The third-order valence-electron chi connectivity index (χ3n) is 2.83. The van der Waals surface area contributed by atoms with E-state index in [-0.39, 0.29) is 10.6 Å². The number of aryl methyl sites for hydroxylation is 3. The first-order valence-electron chi connectivity index (χ1n) is 5.97. The maximum absolute atomic E-state index is 12.2. The summed E-state index contributed by atoms with van der Waals surface area (Å²) in [6.45, 7) is 3.54. The van der Waals surface area contributed by atoms with Crippen molar-refractivity contribution in [3.8, 4) is 0 Å². The second-order valence-corrected chi connectivity index (χ2v) is 5.00. The van der Waals surface area contributed by atoms with Gasteiger partial charge in [0.1, 0.15) is 16.3 Å². The molecule has 2 heterocycles. The van der Waals surface area contributed by atoms with Gasteiger partial charge in [-0.1, -0.05) is 6.92 Å². The predicted molar refractivity (Wildman–Crippen MR) is 74.3 cm³/mol. The summed E-state index contributed by atoms with van der Waals surface area (Å²) in [5.74, 6) is -1.50. The molecule has 2 N–H and O–H groups in total. The number of carbonyl (C=O) groups is 2. The van der Waals surface area contributed by atoms with Crippen LogP contribution in [-0.4, -0.2) is 31.1 Å². The van der Waals surface area contributed by atoms with Crippen LogP contribution < -0.4 is 5.32 Å². The molecular weight excluding hydrogens is 280 g/mol. The number of carboxylic acids is 1. The average Bonchev–Trinajstić information content (AvgIpc) is 2.92. The Morgan fingerprint density at radius 3 is 2.75 bits per heavy atom. The lowest BCUT2D eigenvalue weighted by atomic mass is 10.2. The number of anilines is 1. The highest BCUT2D eigenvalue weighted by atomic mass is 32.1. The number of nitrogens with zero attached hydrogens (tertiary/aromatic N) is 3. The van der Waals surface area contributed by atoms with E-state index in [9.17, 15) is 9.59 Å². The van der Waals surface area contributed by atoms with Gasteiger partial charge in [-0.15, -0.1) is 0 Å². The number of hydrogen-bond donors (Lipinski definition) is 2. The SMILES string of the molecule is CCc1cc(C(=O)Nc2snc(C)c2C(=O)O)n(C)n1. The fraction of sp³-hybridized carbons (Fsp3) is 0.333. The van der Waals surface area contributed by atoms with Gasteiger partial charge in [-0.3, -0.25) is 9.48 Å². The number of carbonyl (C=O) groups excluding carboxylic acids is 1. The Kier molecular flexibility index (Phi) is 3.84. The van der Waals surface area contributed by atoms with E-state index in [1.807, 2.05) is 6.92 Å². The van der Waals surface area contributed by atoms with Crippen LogP contribution in [0.2, 0.25) is 0 Å². The van der Waals surface area contributed by atoms with Crippen molar-refractivity contribution in [1.29, 1.82) is 0 Å². The Hall–Kier alpha value is -2.22. The van der Waals surface area contributed by atoms with Gasteiger partial charge in [0.15, 0.2) is 0 Å². The fourth-order valence-electron chi connectivity index (χ4n) is 1.79. The number of hydrogen-bond acceptors (Lipinski definition) is 5. The molecule has 0 atom stereocenters. The van der Waals surface area contributed by atoms with Crippen LogP contribution in [0.4, 0.5) is 5.00 Å². The second-order valence-electron chi connectivity index (χ2n) is 4.23. The van der Waals surface area contributed by atoms with Crippen molar-refractivity contribution in [2.24, 2.45) is 7.05 Å². The minimum absolute atomic E-state index is 0.0289. The molecule has 2 rings (SSSR count). The zero-order valence-electron chi connectivity index (χ0n) is 11.3. The van der Waals surface area contributed by atoms with Crippen LogP contribution in [0.5, 0.6) is 0 Å². The third kappa shape index (κ3) is 2.55. The highest BCUT2D eigenvalue weighted by molar-refractivity contribution is 7.11. The van der Waals surface area contributed by atoms with Crippen molar-refractivity contribution < 1.29 is 14.7 Å². The van der Waals surface area contributed by atoms with Crippen LogP contribution >= 0.6 is 11.5 Å². The molecule has 2 aromatic heterocycles. The van der Waals surface area contributed by atoms with E-state index in [4.69, 9.17) is 5.11 Å². The van der Waals surface area contributed by atoms with Gasteiger partial charge < -0.3 is 10.4 Å². The van der Waals surface area contributed by atoms with Crippen LogP contribution in [-0.2, 0) is 13.5 Å². The Balaban J connectivity index is 2.28. The molecule has 2 aromatic rings. The van der Waals surface area contributed by atoms with E-state index in [1.54, 1.807) is 20.0 Å². The minimum Gasteiger partial charge on any atom is -0.478 e. The molecule has 0 aliphatic rings. The van der Waals surface area contributed by atoms with E-state index in [1.165, 1.54) is 4.68 Å². The summed E-state index contributed by atoms with van der Waals surface area (Å²) in [7, 11) is 1.67. The number of carboxylic acid groups (broad SMARTS) is 1. The minimum atomic E-state index is -1.11. The van der Waals surface area contributed by atoms with Gasteiger partial charge in [0, 0.05) is 7.05 Å². The molecule has 0 unspecified atom stereocenters. The van der Waals surface area contributed by atoms with Crippen molar-refractivity contribution in [2.75, 3.05) is 5.32 Å². The van der Waals surface area contributed by atoms with Crippen molar-refractivity contribution >= 4 is 28.4 Å². The molecule has 7 nitrogen and oxygen atoms in total. The highest BCUT2D eigenvalue weighted by Gasteiger charge is 2.21. The summed E-state index contributed by atoms with van der Waals surface area (Å²) < 4.78 is 5.43. The lowest BCUT2D eigenvalue weighted by Crippen LogP contribution is -2.17. The molecule has 0 bridgehead atoms. The van der Waals surface area contributed by atoms with E-state index >= 15 is 0 Å².